The molecule has 2 heterocycles. The topological polar surface area (TPSA) is 93.2 Å². The molecule has 1 aliphatic rings. The summed E-state index contributed by atoms with van der Waals surface area (Å²) in [6, 6.07) is 10.0. The van der Waals surface area contributed by atoms with Crippen LogP contribution < -0.4 is 5.32 Å². The lowest BCUT2D eigenvalue weighted by atomic mass is 9.80. The summed E-state index contributed by atoms with van der Waals surface area (Å²) in [5, 5.41) is 16.8. The largest absolute Gasteiger partial charge is 0.385 e. The van der Waals surface area contributed by atoms with Gasteiger partial charge < -0.3 is 19.5 Å². The van der Waals surface area contributed by atoms with Crippen LogP contribution in [0.3, 0.4) is 0 Å². The monoisotopic (exact) mass is 404 g/mol. The van der Waals surface area contributed by atoms with Gasteiger partial charge in [-0.2, -0.15) is 0 Å². The number of nitrogens with one attached hydrogen (secondary N) is 1. The number of amides is 1. The number of carbonyl (C=O) groups is 1. The first-order valence-electron chi connectivity index (χ1n) is 10.0. The Balaban J connectivity index is 1.37. The average Bonchev–Trinajstić information content (AvgIpc) is 3.34. The van der Waals surface area contributed by atoms with Crippen LogP contribution in [-0.2, 0) is 11.3 Å². The Morgan fingerprint density at radius 1 is 1.37 bits per heavy atom. The number of aromatic nitrogens is 3. The lowest BCUT2D eigenvalue weighted by Crippen LogP contribution is -2.42. The first-order chi connectivity index (χ1) is 14.5. The Labute approximate surface area is 175 Å². The second-order valence-corrected chi connectivity index (χ2v) is 7.68. The molecule has 0 bridgehead atoms. The van der Waals surface area contributed by atoms with E-state index >= 15 is 0 Å². The van der Waals surface area contributed by atoms with Crippen molar-refractivity contribution in [2.45, 2.75) is 45.4 Å². The van der Waals surface area contributed by atoms with Crippen molar-refractivity contribution in [2.24, 2.45) is 5.92 Å². The summed E-state index contributed by atoms with van der Waals surface area (Å²) in [6.07, 6.45) is 4.66. The SMILES string of the molecule is CC(=O)N[C@H]1C[C@H](C#Cc2ccc(-c3cc(Cn4ccnc4C(C)O)no3)cc2)C1. The molecule has 7 heteroatoms. The Kier molecular flexibility index (Phi) is 5.68. The molecule has 1 amide bonds. The highest BCUT2D eigenvalue weighted by Crippen LogP contribution is 2.27. The van der Waals surface area contributed by atoms with E-state index in [0.717, 1.165) is 29.7 Å². The van der Waals surface area contributed by atoms with Gasteiger partial charge in [-0.05, 0) is 44.0 Å². The fourth-order valence-electron chi connectivity index (χ4n) is 3.56. The van der Waals surface area contributed by atoms with Crippen LogP contribution in [0.1, 0.15) is 49.9 Å². The molecule has 1 aromatic carbocycles. The Morgan fingerprint density at radius 2 is 2.13 bits per heavy atom. The number of aliphatic hydroxyl groups excluding tert-OH is 1. The second-order valence-electron chi connectivity index (χ2n) is 7.68. The fourth-order valence-corrected chi connectivity index (χ4v) is 3.56. The third-order valence-electron chi connectivity index (χ3n) is 5.15. The molecular formula is C23H24N4O3. The van der Waals surface area contributed by atoms with Crippen LogP contribution in [0.25, 0.3) is 11.3 Å². The van der Waals surface area contributed by atoms with Crippen LogP contribution in [-0.4, -0.2) is 31.8 Å². The van der Waals surface area contributed by atoms with Gasteiger partial charge >= 0.3 is 0 Å². The van der Waals surface area contributed by atoms with Crippen LogP contribution in [0.4, 0.5) is 0 Å². The third kappa shape index (κ3) is 4.61. The molecule has 154 valence electrons. The molecule has 3 aromatic rings. The van der Waals surface area contributed by atoms with Gasteiger partial charge in [-0.3, -0.25) is 4.79 Å². The highest BCUT2D eigenvalue weighted by molar-refractivity contribution is 5.73. The van der Waals surface area contributed by atoms with Gasteiger partial charge in [0.05, 0.1) is 6.54 Å². The minimum Gasteiger partial charge on any atom is -0.385 e. The van der Waals surface area contributed by atoms with Crippen molar-refractivity contribution >= 4 is 5.91 Å². The number of carbonyl (C=O) groups excluding carboxylic acids is 1. The van der Waals surface area contributed by atoms with Crippen LogP contribution >= 0.6 is 0 Å². The first kappa shape index (κ1) is 19.9. The van der Waals surface area contributed by atoms with Crippen molar-refractivity contribution in [1.29, 1.82) is 0 Å². The molecule has 0 aliphatic heterocycles. The van der Waals surface area contributed by atoms with Gasteiger partial charge in [-0.25, -0.2) is 4.98 Å². The smallest absolute Gasteiger partial charge is 0.217 e. The number of imidazole rings is 1. The molecule has 1 atom stereocenters. The van der Waals surface area contributed by atoms with E-state index in [1.165, 1.54) is 0 Å². The normalized spacial score (nSPS) is 18.8. The van der Waals surface area contributed by atoms with E-state index in [-0.39, 0.29) is 11.9 Å². The summed E-state index contributed by atoms with van der Waals surface area (Å²) in [5.41, 5.74) is 2.63. The summed E-state index contributed by atoms with van der Waals surface area (Å²) in [4.78, 5) is 15.2. The highest BCUT2D eigenvalue weighted by atomic mass is 16.5. The Hall–Kier alpha value is -3.37. The number of nitrogens with zero attached hydrogens (tertiary/aromatic N) is 3. The zero-order chi connectivity index (χ0) is 21.1. The maximum Gasteiger partial charge on any atom is 0.217 e. The zero-order valence-electron chi connectivity index (χ0n) is 17.0. The molecule has 0 radical (unpaired) electrons. The van der Waals surface area contributed by atoms with Gasteiger partial charge in [0.1, 0.15) is 17.6 Å². The summed E-state index contributed by atoms with van der Waals surface area (Å²) < 4.78 is 7.34. The Morgan fingerprint density at radius 3 is 2.83 bits per heavy atom. The van der Waals surface area contributed by atoms with Crippen LogP contribution in [0.15, 0.2) is 47.2 Å². The molecule has 7 nitrogen and oxygen atoms in total. The van der Waals surface area contributed by atoms with Gasteiger partial charge in [0, 0.05) is 48.5 Å². The molecule has 0 spiro atoms. The average molecular weight is 404 g/mol. The van der Waals surface area contributed by atoms with Crippen molar-refractivity contribution in [2.75, 3.05) is 0 Å². The van der Waals surface area contributed by atoms with E-state index in [1.807, 2.05) is 41.1 Å². The van der Waals surface area contributed by atoms with E-state index in [4.69, 9.17) is 4.52 Å². The minimum absolute atomic E-state index is 0.0194. The van der Waals surface area contributed by atoms with Gasteiger partial charge in [-0.1, -0.05) is 17.0 Å². The van der Waals surface area contributed by atoms with E-state index in [2.05, 4.69) is 27.3 Å². The molecule has 1 aliphatic carbocycles. The molecule has 1 unspecified atom stereocenters. The molecule has 2 aromatic heterocycles. The predicted molar refractivity (Wildman–Crippen MR) is 111 cm³/mol. The standard InChI is InChI=1S/C23H24N4O3/c1-15(28)23-24-9-10-27(23)14-21-13-22(30-26-21)19-7-5-17(6-8-19)3-4-18-11-20(12-18)25-16(2)29/h5-10,13,15,18,20,28H,11-12,14H2,1-2H3,(H,25,29)/t15?,18-,20-. The number of benzene rings is 1. The molecule has 2 N–H and O–H groups in total. The maximum absolute atomic E-state index is 11.0. The van der Waals surface area contributed by atoms with Gasteiger partial charge in [0.2, 0.25) is 5.91 Å². The molecular weight excluding hydrogens is 380 g/mol. The van der Waals surface area contributed by atoms with Crippen molar-refractivity contribution in [1.82, 2.24) is 20.0 Å². The van der Waals surface area contributed by atoms with Gasteiger partial charge in [0.25, 0.3) is 0 Å². The number of hydrogen-bond acceptors (Lipinski definition) is 5. The summed E-state index contributed by atoms with van der Waals surface area (Å²) in [6.45, 7) is 3.71. The molecule has 1 saturated carbocycles. The van der Waals surface area contributed by atoms with Crippen LogP contribution in [0.2, 0.25) is 0 Å². The van der Waals surface area contributed by atoms with E-state index < -0.39 is 6.10 Å². The van der Waals surface area contributed by atoms with Crippen LogP contribution in [0.5, 0.6) is 0 Å². The van der Waals surface area contributed by atoms with E-state index in [0.29, 0.717) is 24.0 Å². The van der Waals surface area contributed by atoms with Gasteiger partial charge in [-0.15, -0.1) is 0 Å². The number of rotatable bonds is 5. The highest BCUT2D eigenvalue weighted by Gasteiger charge is 2.27. The molecule has 30 heavy (non-hydrogen) atoms. The zero-order valence-corrected chi connectivity index (χ0v) is 17.0. The molecule has 0 saturated heterocycles. The van der Waals surface area contributed by atoms with Crippen molar-refractivity contribution in [3.05, 3.63) is 59.8 Å². The lowest BCUT2D eigenvalue weighted by molar-refractivity contribution is -0.120. The first-order valence-corrected chi connectivity index (χ1v) is 10.0. The predicted octanol–water partition coefficient (Wildman–Crippen LogP) is 2.91. The van der Waals surface area contributed by atoms with E-state index in [9.17, 15) is 9.90 Å². The van der Waals surface area contributed by atoms with Crippen molar-refractivity contribution in [3.8, 4) is 23.2 Å². The molecule has 4 rings (SSSR count). The summed E-state index contributed by atoms with van der Waals surface area (Å²) in [5.74, 6) is 8.12. The fraction of sp³-hybridized carbons (Fsp3) is 0.348. The summed E-state index contributed by atoms with van der Waals surface area (Å²) in [7, 11) is 0. The van der Waals surface area contributed by atoms with Crippen molar-refractivity contribution in [3.63, 3.8) is 0 Å². The second kappa shape index (κ2) is 8.56. The van der Waals surface area contributed by atoms with Crippen molar-refractivity contribution < 1.29 is 14.4 Å². The molecule has 1 fully saturated rings. The number of aliphatic hydroxyl groups is 1. The third-order valence-corrected chi connectivity index (χ3v) is 5.15. The van der Waals surface area contributed by atoms with E-state index in [1.54, 1.807) is 20.0 Å². The summed E-state index contributed by atoms with van der Waals surface area (Å²) >= 11 is 0. The van der Waals surface area contributed by atoms with Crippen LogP contribution in [0, 0.1) is 17.8 Å². The maximum atomic E-state index is 11.0. The lowest BCUT2D eigenvalue weighted by Gasteiger charge is -2.32. The Bertz CT molecular complexity index is 1080. The number of hydrogen-bond donors (Lipinski definition) is 2. The van der Waals surface area contributed by atoms with Gasteiger partial charge in [0.15, 0.2) is 5.76 Å². The minimum atomic E-state index is -0.642. The quantitative estimate of drug-likeness (QED) is 0.638.